The first-order valence-electron chi connectivity index (χ1n) is 7.00. The van der Waals surface area contributed by atoms with Crippen LogP contribution < -0.4 is 11.1 Å². The second-order valence-corrected chi connectivity index (χ2v) is 6.40. The van der Waals surface area contributed by atoms with Crippen LogP contribution in [0.3, 0.4) is 0 Å². The van der Waals surface area contributed by atoms with Gasteiger partial charge in [0.2, 0.25) is 11.8 Å². The number of carbonyl (C=O) groups excluding carboxylic acids is 2. The Labute approximate surface area is 140 Å². The lowest BCUT2D eigenvalue weighted by atomic mass is 9.77. The molecule has 0 aromatic heterocycles. The van der Waals surface area contributed by atoms with Crippen molar-refractivity contribution in [2.24, 2.45) is 5.73 Å². The molecule has 0 heterocycles. The van der Waals surface area contributed by atoms with Crippen LogP contribution in [-0.4, -0.2) is 39.1 Å². The largest absolute Gasteiger partial charge is 0.480 e. The van der Waals surface area contributed by atoms with Gasteiger partial charge in [0.25, 0.3) is 5.69 Å². The fourth-order valence-corrected chi connectivity index (χ4v) is 3.11. The fourth-order valence-electron chi connectivity index (χ4n) is 2.30. The van der Waals surface area contributed by atoms with Gasteiger partial charge in [-0.1, -0.05) is 0 Å². The number of carboxylic acids is 1. The average Bonchev–Trinajstić information content (AvgIpc) is 2.48. The van der Waals surface area contributed by atoms with Crippen LogP contribution in [-0.2, 0) is 9.59 Å². The number of rotatable bonds is 7. The molecule has 2 amide bonds. The summed E-state index contributed by atoms with van der Waals surface area (Å²) in [6, 6.07) is 3.72. The van der Waals surface area contributed by atoms with Crippen molar-refractivity contribution in [2.75, 3.05) is 5.75 Å². The smallest absolute Gasteiger partial charge is 0.329 e. The molecule has 1 fully saturated rings. The summed E-state index contributed by atoms with van der Waals surface area (Å²) in [4.78, 5) is 44.8. The van der Waals surface area contributed by atoms with Gasteiger partial charge >= 0.3 is 5.97 Å². The van der Waals surface area contributed by atoms with E-state index in [1.54, 1.807) is 0 Å². The SMILES string of the molecule is NC(=O)c1ccc(SCC(=O)NC2(C(=O)O)CCC2)c([N+](=O)[O-])c1. The number of nitrogens with zero attached hydrogens (tertiary/aromatic N) is 1. The van der Waals surface area contributed by atoms with Gasteiger partial charge in [-0.2, -0.15) is 0 Å². The molecule has 0 unspecified atom stereocenters. The summed E-state index contributed by atoms with van der Waals surface area (Å²) < 4.78 is 0. The van der Waals surface area contributed by atoms with Crippen LogP contribution in [0, 0.1) is 10.1 Å². The van der Waals surface area contributed by atoms with E-state index in [2.05, 4.69) is 5.32 Å². The molecule has 128 valence electrons. The number of nitro groups is 1. The molecule has 1 aromatic carbocycles. The van der Waals surface area contributed by atoms with Crippen molar-refractivity contribution >= 4 is 35.2 Å². The third-order valence-electron chi connectivity index (χ3n) is 3.79. The van der Waals surface area contributed by atoms with E-state index < -0.39 is 28.2 Å². The number of aliphatic carboxylic acids is 1. The van der Waals surface area contributed by atoms with Crippen molar-refractivity contribution in [3.63, 3.8) is 0 Å². The monoisotopic (exact) mass is 353 g/mol. The molecule has 1 aliphatic rings. The molecule has 0 saturated heterocycles. The lowest BCUT2D eigenvalue weighted by Gasteiger charge is -2.38. The Morgan fingerprint density at radius 3 is 2.50 bits per heavy atom. The van der Waals surface area contributed by atoms with Gasteiger partial charge in [0.15, 0.2) is 0 Å². The summed E-state index contributed by atoms with van der Waals surface area (Å²) in [5.74, 6) is -2.56. The minimum Gasteiger partial charge on any atom is -0.480 e. The van der Waals surface area contributed by atoms with Crippen LogP contribution >= 0.6 is 11.8 Å². The normalized spacial score (nSPS) is 15.2. The second-order valence-electron chi connectivity index (χ2n) is 5.38. The maximum absolute atomic E-state index is 11.9. The van der Waals surface area contributed by atoms with E-state index in [0.717, 1.165) is 24.2 Å². The van der Waals surface area contributed by atoms with Crippen molar-refractivity contribution in [3.05, 3.63) is 33.9 Å². The minimum atomic E-state index is -1.22. The van der Waals surface area contributed by atoms with Gasteiger partial charge in [-0.3, -0.25) is 19.7 Å². The van der Waals surface area contributed by atoms with Crippen molar-refractivity contribution in [3.8, 4) is 0 Å². The van der Waals surface area contributed by atoms with E-state index in [-0.39, 0.29) is 21.9 Å². The van der Waals surface area contributed by atoms with Gasteiger partial charge in [0.1, 0.15) is 5.54 Å². The Hall–Kier alpha value is -2.62. The summed E-state index contributed by atoms with van der Waals surface area (Å²) in [7, 11) is 0. The van der Waals surface area contributed by atoms with E-state index in [0.29, 0.717) is 12.8 Å². The molecule has 2 rings (SSSR count). The molecule has 1 saturated carbocycles. The highest BCUT2D eigenvalue weighted by Crippen LogP contribution is 2.33. The van der Waals surface area contributed by atoms with E-state index in [4.69, 9.17) is 10.8 Å². The number of carboxylic acid groups (broad SMARTS) is 1. The Bertz CT molecular complexity index is 716. The zero-order valence-electron chi connectivity index (χ0n) is 12.5. The van der Waals surface area contributed by atoms with E-state index in [9.17, 15) is 24.5 Å². The number of thioether (sulfide) groups is 1. The molecule has 0 radical (unpaired) electrons. The molecule has 0 atom stereocenters. The summed E-state index contributed by atoms with van der Waals surface area (Å²) in [6.07, 6.45) is 1.46. The number of amides is 2. The molecule has 0 bridgehead atoms. The zero-order valence-corrected chi connectivity index (χ0v) is 13.3. The van der Waals surface area contributed by atoms with Crippen LogP contribution in [0.4, 0.5) is 5.69 Å². The van der Waals surface area contributed by atoms with Crippen molar-refractivity contribution in [1.82, 2.24) is 5.32 Å². The van der Waals surface area contributed by atoms with Gasteiger partial charge < -0.3 is 16.2 Å². The number of hydrogen-bond donors (Lipinski definition) is 3. The molecular weight excluding hydrogens is 338 g/mol. The third kappa shape index (κ3) is 3.65. The fraction of sp³-hybridized carbons (Fsp3) is 0.357. The van der Waals surface area contributed by atoms with Crippen LogP contribution in [0.25, 0.3) is 0 Å². The zero-order chi connectivity index (χ0) is 17.9. The Morgan fingerprint density at radius 2 is 2.04 bits per heavy atom. The van der Waals surface area contributed by atoms with Gasteiger partial charge in [-0.15, -0.1) is 11.8 Å². The highest BCUT2D eigenvalue weighted by Gasteiger charge is 2.45. The van der Waals surface area contributed by atoms with Crippen molar-refractivity contribution < 1.29 is 24.4 Å². The standard InChI is InChI=1S/C14H15N3O6S/c15-12(19)8-2-3-10(9(6-8)17(22)23)24-7-11(18)16-14(13(20)21)4-1-5-14/h2-3,6H,1,4-5,7H2,(H2,15,19)(H,16,18)(H,20,21). The van der Waals surface area contributed by atoms with Gasteiger partial charge in [0.05, 0.1) is 15.6 Å². The Morgan fingerprint density at radius 1 is 1.38 bits per heavy atom. The average molecular weight is 353 g/mol. The van der Waals surface area contributed by atoms with Crippen LogP contribution in [0.2, 0.25) is 0 Å². The lowest BCUT2D eigenvalue weighted by molar-refractivity contribution is -0.387. The number of carbonyl (C=O) groups is 3. The maximum atomic E-state index is 11.9. The first-order chi connectivity index (χ1) is 11.2. The molecule has 1 aliphatic carbocycles. The van der Waals surface area contributed by atoms with Gasteiger partial charge in [-0.25, -0.2) is 4.79 Å². The first kappa shape index (κ1) is 17.7. The number of benzene rings is 1. The van der Waals surface area contributed by atoms with Crippen LogP contribution in [0.5, 0.6) is 0 Å². The topological polar surface area (TPSA) is 153 Å². The Balaban J connectivity index is 2.06. The number of primary amides is 1. The molecule has 0 spiro atoms. The van der Waals surface area contributed by atoms with E-state index in [1.165, 1.54) is 12.1 Å². The summed E-state index contributed by atoms with van der Waals surface area (Å²) in [5, 5.41) is 22.7. The Kier molecular flexibility index (Phi) is 5.07. The van der Waals surface area contributed by atoms with Crippen molar-refractivity contribution in [2.45, 2.75) is 29.7 Å². The first-order valence-corrected chi connectivity index (χ1v) is 7.99. The quantitative estimate of drug-likeness (QED) is 0.374. The molecule has 4 N–H and O–H groups in total. The minimum absolute atomic E-state index is 0.00482. The lowest BCUT2D eigenvalue weighted by Crippen LogP contribution is -2.59. The predicted molar refractivity (Wildman–Crippen MR) is 84.7 cm³/mol. The number of nitrogens with two attached hydrogens (primary N) is 1. The van der Waals surface area contributed by atoms with Crippen molar-refractivity contribution in [1.29, 1.82) is 0 Å². The third-order valence-corrected chi connectivity index (χ3v) is 4.86. The summed E-state index contributed by atoms with van der Waals surface area (Å²) >= 11 is 0.892. The van der Waals surface area contributed by atoms with E-state index in [1.807, 2.05) is 0 Å². The number of nitrogens with one attached hydrogen (secondary N) is 1. The molecule has 24 heavy (non-hydrogen) atoms. The van der Waals surface area contributed by atoms with Crippen LogP contribution in [0.1, 0.15) is 29.6 Å². The molecule has 0 aliphatic heterocycles. The van der Waals surface area contributed by atoms with Crippen LogP contribution in [0.15, 0.2) is 23.1 Å². The number of hydrogen-bond acceptors (Lipinski definition) is 6. The summed E-state index contributed by atoms with van der Waals surface area (Å²) in [6.45, 7) is 0. The highest BCUT2D eigenvalue weighted by atomic mass is 32.2. The predicted octanol–water partition coefficient (Wildman–Crippen LogP) is 0.909. The van der Waals surface area contributed by atoms with E-state index >= 15 is 0 Å². The number of nitro benzene ring substituents is 1. The summed E-state index contributed by atoms with van der Waals surface area (Å²) in [5.41, 5.74) is 3.53. The molecular formula is C14H15N3O6S. The van der Waals surface area contributed by atoms with Gasteiger partial charge in [-0.05, 0) is 31.4 Å². The molecule has 1 aromatic rings. The second kappa shape index (κ2) is 6.87. The molecule has 10 heteroatoms. The van der Waals surface area contributed by atoms with Gasteiger partial charge in [0, 0.05) is 11.6 Å². The molecule has 9 nitrogen and oxygen atoms in total. The highest BCUT2D eigenvalue weighted by molar-refractivity contribution is 8.00. The maximum Gasteiger partial charge on any atom is 0.329 e.